The monoisotopic (exact) mass is 278 g/mol. The lowest BCUT2D eigenvalue weighted by Crippen LogP contribution is -2.48. The van der Waals surface area contributed by atoms with E-state index in [-0.39, 0.29) is 19.1 Å². The number of ether oxygens (including phenoxy) is 1. The van der Waals surface area contributed by atoms with Crippen LogP contribution < -0.4 is 5.73 Å². The Morgan fingerprint density at radius 3 is 2.35 bits per heavy atom. The molecule has 20 heavy (non-hydrogen) atoms. The molecule has 2 amide bonds. The number of nitrogens with zero attached hydrogens (tertiary/aromatic N) is 1. The molecule has 1 aliphatic heterocycles. The summed E-state index contributed by atoms with van der Waals surface area (Å²) in [7, 11) is 0. The van der Waals surface area contributed by atoms with E-state index in [1.165, 1.54) is 29.2 Å². The molecule has 7 heteroatoms. The fourth-order valence-corrected chi connectivity index (χ4v) is 1.94. The first-order chi connectivity index (χ1) is 9.49. The Morgan fingerprint density at radius 1 is 1.20 bits per heavy atom. The van der Waals surface area contributed by atoms with Gasteiger partial charge in [-0.05, 0) is 24.3 Å². The molecule has 0 radical (unpaired) electrons. The number of hydrogen-bond acceptors (Lipinski definition) is 4. The summed E-state index contributed by atoms with van der Waals surface area (Å²) in [5.41, 5.74) is 5.81. The largest absolute Gasteiger partial charge is 0.479 e. The first kappa shape index (κ1) is 14.0. The Morgan fingerprint density at radius 2 is 1.80 bits per heavy atom. The Labute approximate surface area is 114 Å². The van der Waals surface area contributed by atoms with Gasteiger partial charge in [0.15, 0.2) is 6.10 Å². The third-order valence-electron chi connectivity index (χ3n) is 3.05. The van der Waals surface area contributed by atoms with Crippen LogP contribution in [-0.2, 0) is 9.53 Å². The second kappa shape index (κ2) is 5.70. The molecule has 1 fully saturated rings. The molecule has 1 atom stereocenters. The van der Waals surface area contributed by atoms with Gasteiger partial charge in [-0.25, -0.2) is 4.79 Å². The minimum Gasteiger partial charge on any atom is -0.479 e. The average Bonchev–Trinajstić information content (AvgIpc) is 2.46. The molecule has 3 N–H and O–H groups in total. The van der Waals surface area contributed by atoms with Gasteiger partial charge in [0.1, 0.15) is 0 Å². The van der Waals surface area contributed by atoms with Gasteiger partial charge in [-0.2, -0.15) is 0 Å². The number of morpholine rings is 1. The minimum atomic E-state index is -1.09. The van der Waals surface area contributed by atoms with Crippen molar-refractivity contribution in [3.63, 3.8) is 0 Å². The van der Waals surface area contributed by atoms with E-state index in [9.17, 15) is 14.4 Å². The van der Waals surface area contributed by atoms with Crippen LogP contribution in [0.2, 0.25) is 0 Å². The van der Waals surface area contributed by atoms with Gasteiger partial charge in [0.2, 0.25) is 5.91 Å². The number of primary amides is 1. The minimum absolute atomic E-state index is 0.00569. The highest BCUT2D eigenvalue weighted by Gasteiger charge is 2.29. The number of hydrogen-bond donors (Lipinski definition) is 2. The molecule has 1 unspecified atom stereocenters. The molecule has 0 aliphatic carbocycles. The second-order valence-electron chi connectivity index (χ2n) is 4.39. The summed E-state index contributed by atoms with van der Waals surface area (Å²) >= 11 is 0. The van der Waals surface area contributed by atoms with Crippen molar-refractivity contribution < 1.29 is 24.2 Å². The summed E-state index contributed by atoms with van der Waals surface area (Å²) in [5.74, 6) is -1.96. The quantitative estimate of drug-likeness (QED) is 0.789. The van der Waals surface area contributed by atoms with Crippen molar-refractivity contribution in [2.24, 2.45) is 5.73 Å². The molecule has 1 saturated heterocycles. The molecule has 1 heterocycles. The predicted molar refractivity (Wildman–Crippen MR) is 68.2 cm³/mol. The lowest BCUT2D eigenvalue weighted by Gasteiger charge is -2.30. The van der Waals surface area contributed by atoms with Crippen molar-refractivity contribution >= 4 is 17.8 Å². The van der Waals surface area contributed by atoms with Gasteiger partial charge >= 0.3 is 5.97 Å². The van der Waals surface area contributed by atoms with Gasteiger partial charge in [0.05, 0.1) is 13.2 Å². The van der Waals surface area contributed by atoms with E-state index >= 15 is 0 Å². The van der Waals surface area contributed by atoms with Gasteiger partial charge in [0, 0.05) is 17.7 Å². The van der Waals surface area contributed by atoms with Crippen LogP contribution in [0.25, 0.3) is 0 Å². The molecule has 0 bridgehead atoms. The molecule has 1 aromatic carbocycles. The number of carbonyl (C=O) groups excluding carboxylic acids is 2. The zero-order valence-electron chi connectivity index (χ0n) is 10.6. The van der Waals surface area contributed by atoms with E-state index in [1.807, 2.05) is 0 Å². The molecule has 0 aromatic heterocycles. The van der Waals surface area contributed by atoms with Crippen LogP contribution in [0.5, 0.6) is 0 Å². The lowest BCUT2D eigenvalue weighted by atomic mass is 10.1. The van der Waals surface area contributed by atoms with Crippen LogP contribution >= 0.6 is 0 Å². The second-order valence-corrected chi connectivity index (χ2v) is 4.39. The number of amides is 2. The Kier molecular flexibility index (Phi) is 3.99. The Hall–Kier alpha value is -2.41. The van der Waals surface area contributed by atoms with Crippen molar-refractivity contribution in [1.29, 1.82) is 0 Å². The van der Waals surface area contributed by atoms with E-state index in [2.05, 4.69) is 0 Å². The maximum Gasteiger partial charge on any atom is 0.334 e. The van der Waals surface area contributed by atoms with E-state index in [0.717, 1.165) is 0 Å². The van der Waals surface area contributed by atoms with Crippen LogP contribution in [0.4, 0.5) is 0 Å². The summed E-state index contributed by atoms with van der Waals surface area (Å²) in [5, 5.41) is 8.89. The highest BCUT2D eigenvalue weighted by atomic mass is 16.5. The summed E-state index contributed by atoms with van der Waals surface area (Å²) in [6, 6.07) is 5.91. The molecule has 106 valence electrons. The molecule has 1 aromatic rings. The first-order valence-corrected chi connectivity index (χ1v) is 6.02. The Balaban J connectivity index is 2.10. The van der Waals surface area contributed by atoms with Crippen molar-refractivity contribution in [3.05, 3.63) is 35.4 Å². The number of aliphatic carboxylic acids is 1. The van der Waals surface area contributed by atoms with E-state index in [0.29, 0.717) is 17.7 Å². The van der Waals surface area contributed by atoms with Crippen molar-refractivity contribution in [2.45, 2.75) is 6.10 Å². The maximum absolute atomic E-state index is 12.2. The maximum atomic E-state index is 12.2. The third kappa shape index (κ3) is 2.94. The fourth-order valence-electron chi connectivity index (χ4n) is 1.94. The zero-order chi connectivity index (χ0) is 14.7. The highest BCUT2D eigenvalue weighted by Crippen LogP contribution is 2.12. The van der Waals surface area contributed by atoms with Gasteiger partial charge in [-0.1, -0.05) is 0 Å². The van der Waals surface area contributed by atoms with Gasteiger partial charge in [0.25, 0.3) is 5.91 Å². The molecule has 2 rings (SSSR count). The number of carboxylic acids is 1. The molecule has 7 nitrogen and oxygen atoms in total. The van der Waals surface area contributed by atoms with Gasteiger partial charge < -0.3 is 20.5 Å². The van der Waals surface area contributed by atoms with Crippen LogP contribution in [-0.4, -0.2) is 53.6 Å². The predicted octanol–water partition coefficient (Wildman–Crippen LogP) is -0.289. The fraction of sp³-hybridized carbons (Fsp3) is 0.308. The van der Waals surface area contributed by atoms with Crippen molar-refractivity contribution in [1.82, 2.24) is 4.90 Å². The number of carbonyl (C=O) groups is 3. The Bertz CT molecular complexity index is 540. The normalized spacial score (nSPS) is 18.6. The van der Waals surface area contributed by atoms with E-state index in [1.54, 1.807) is 0 Å². The number of carboxylic acid groups (broad SMARTS) is 1. The van der Waals surface area contributed by atoms with Crippen LogP contribution in [0.1, 0.15) is 20.7 Å². The zero-order valence-corrected chi connectivity index (χ0v) is 10.6. The van der Waals surface area contributed by atoms with Crippen LogP contribution in [0, 0.1) is 0 Å². The number of nitrogens with two attached hydrogens (primary N) is 1. The summed E-state index contributed by atoms with van der Waals surface area (Å²) in [6.07, 6.45) is -1.00. The number of benzene rings is 1. The molecular formula is C13H14N2O5. The molecule has 0 saturated carbocycles. The first-order valence-electron chi connectivity index (χ1n) is 6.02. The van der Waals surface area contributed by atoms with E-state index < -0.39 is 18.0 Å². The number of rotatable bonds is 3. The summed E-state index contributed by atoms with van der Waals surface area (Å²) in [4.78, 5) is 35.4. The smallest absolute Gasteiger partial charge is 0.334 e. The molecule has 1 aliphatic rings. The standard InChI is InChI=1S/C13H14N2O5/c14-11(16)8-1-3-9(4-2-8)12(17)15-5-6-20-10(7-15)13(18)19/h1-4,10H,5-7H2,(H2,14,16)(H,18,19). The highest BCUT2D eigenvalue weighted by molar-refractivity contribution is 5.97. The molecular weight excluding hydrogens is 264 g/mol. The lowest BCUT2D eigenvalue weighted by molar-refractivity contribution is -0.154. The van der Waals surface area contributed by atoms with Gasteiger partial charge in [-0.3, -0.25) is 9.59 Å². The average molecular weight is 278 g/mol. The third-order valence-corrected chi connectivity index (χ3v) is 3.05. The van der Waals surface area contributed by atoms with Crippen molar-refractivity contribution in [2.75, 3.05) is 19.7 Å². The van der Waals surface area contributed by atoms with Crippen LogP contribution in [0.3, 0.4) is 0 Å². The summed E-state index contributed by atoms with van der Waals surface area (Å²) < 4.78 is 5.05. The van der Waals surface area contributed by atoms with Crippen LogP contribution in [0.15, 0.2) is 24.3 Å². The SMILES string of the molecule is NC(=O)c1ccc(C(=O)N2CCOC(C(=O)O)C2)cc1. The topological polar surface area (TPSA) is 110 Å². The molecule has 0 spiro atoms. The van der Waals surface area contributed by atoms with E-state index in [4.69, 9.17) is 15.6 Å². The van der Waals surface area contributed by atoms with Gasteiger partial charge in [-0.15, -0.1) is 0 Å². The van der Waals surface area contributed by atoms with Crippen molar-refractivity contribution in [3.8, 4) is 0 Å². The summed E-state index contributed by atoms with van der Waals surface area (Å²) in [6.45, 7) is 0.522.